The Balaban J connectivity index is 0.000000185. The van der Waals surface area contributed by atoms with Crippen LogP contribution < -0.4 is 0 Å². The van der Waals surface area contributed by atoms with E-state index in [0.29, 0.717) is 0 Å². The number of carboxylic acids is 1. The molecular formula is C11H10F3NO2. The van der Waals surface area contributed by atoms with Gasteiger partial charge in [0, 0.05) is 18.8 Å². The van der Waals surface area contributed by atoms with E-state index in [1.165, 1.54) is 10.9 Å². The molecule has 0 spiro atoms. The first kappa shape index (κ1) is 13.1. The molecule has 0 fully saturated rings. The fraction of sp³-hybridized carbons (Fsp3) is 0.182. The maximum Gasteiger partial charge on any atom is 0.490 e. The molecule has 2 rings (SSSR count). The van der Waals surface area contributed by atoms with Crippen molar-refractivity contribution in [2.75, 3.05) is 0 Å². The molecule has 1 heterocycles. The molecule has 6 heteroatoms. The van der Waals surface area contributed by atoms with Crippen LogP contribution in [0.25, 0.3) is 10.9 Å². The van der Waals surface area contributed by atoms with Crippen LogP contribution in [-0.4, -0.2) is 21.8 Å². The first-order valence-corrected chi connectivity index (χ1v) is 4.62. The van der Waals surface area contributed by atoms with Gasteiger partial charge in [0.15, 0.2) is 0 Å². The third-order valence-corrected chi connectivity index (χ3v) is 2.04. The number of alkyl halides is 3. The Morgan fingerprint density at radius 3 is 2.24 bits per heavy atom. The zero-order valence-corrected chi connectivity index (χ0v) is 8.90. The van der Waals surface area contributed by atoms with Crippen LogP contribution in [0, 0.1) is 0 Å². The van der Waals surface area contributed by atoms with Gasteiger partial charge in [-0.2, -0.15) is 13.2 Å². The maximum absolute atomic E-state index is 10.6. The van der Waals surface area contributed by atoms with E-state index in [-0.39, 0.29) is 0 Å². The van der Waals surface area contributed by atoms with Crippen molar-refractivity contribution in [3.8, 4) is 0 Å². The average Bonchev–Trinajstić information content (AvgIpc) is 2.61. The van der Waals surface area contributed by atoms with Crippen molar-refractivity contribution in [1.82, 2.24) is 4.57 Å². The van der Waals surface area contributed by atoms with Gasteiger partial charge < -0.3 is 9.67 Å². The number of nitrogens with zero attached hydrogens (tertiary/aromatic N) is 1. The molecule has 1 aromatic carbocycles. The summed E-state index contributed by atoms with van der Waals surface area (Å²) in [6.07, 6.45) is -3.01. The lowest BCUT2D eigenvalue weighted by Crippen LogP contribution is -2.21. The standard InChI is InChI=1S/C9H9N.C2HF3O2/c1-10-7-6-8-4-2-3-5-9(8)10;3-2(4,5)1(6)7/h2-7H,1H3;(H,6,7). The second-order valence-corrected chi connectivity index (χ2v) is 3.29. The lowest BCUT2D eigenvalue weighted by molar-refractivity contribution is -0.192. The van der Waals surface area contributed by atoms with Gasteiger partial charge in [0.1, 0.15) is 0 Å². The number of para-hydroxylation sites is 1. The Hall–Kier alpha value is -1.98. The van der Waals surface area contributed by atoms with E-state index in [2.05, 4.69) is 48.1 Å². The fourth-order valence-corrected chi connectivity index (χ4v) is 1.22. The van der Waals surface area contributed by atoms with Crippen molar-refractivity contribution >= 4 is 16.9 Å². The van der Waals surface area contributed by atoms with Crippen molar-refractivity contribution in [2.45, 2.75) is 6.18 Å². The molecule has 2 aromatic rings. The molecule has 0 aliphatic rings. The third kappa shape index (κ3) is 3.51. The summed E-state index contributed by atoms with van der Waals surface area (Å²) in [5.74, 6) is -2.76. The van der Waals surface area contributed by atoms with Crippen molar-refractivity contribution in [3.05, 3.63) is 36.5 Å². The first-order chi connectivity index (χ1) is 7.82. The number of hydrogen-bond donors (Lipinski definition) is 1. The highest BCUT2D eigenvalue weighted by molar-refractivity contribution is 5.79. The number of rotatable bonds is 0. The van der Waals surface area contributed by atoms with Crippen molar-refractivity contribution in [2.24, 2.45) is 7.05 Å². The Morgan fingerprint density at radius 2 is 1.76 bits per heavy atom. The minimum Gasteiger partial charge on any atom is -0.475 e. The zero-order valence-electron chi connectivity index (χ0n) is 8.90. The van der Waals surface area contributed by atoms with Crippen LogP contribution in [0.5, 0.6) is 0 Å². The molecule has 0 aliphatic heterocycles. The summed E-state index contributed by atoms with van der Waals surface area (Å²) in [6, 6.07) is 10.5. The van der Waals surface area contributed by atoms with Gasteiger partial charge in [-0.25, -0.2) is 4.79 Å². The maximum atomic E-state index is 10.6. The number of aromatic nitrogens is 1. The molecule has 0 saturated carbocycles. The van der Waals surface area contributed by atoms with Crippen LogP contribution >= 0.6 is 0 Å². The molecule has 0 unspecified atom stereocenters. The van der Waals surface area contributed by atoms with Crippen LogP contribution in [-0.2, 0) is 11.8 Å². The smallest absolute Gasteiger partial charge is 0.475 e. The van der Waals surface area contributed by atoms with Gasteiger partial charge in [0.05, 0.1) is 0 Å². The zero-order chi connectivity index (χ0) is 13.1. The fourth-order valence-electron chi connectivity index (χ4n) is 1.22. The molecule has 17 heavy (non-hydrogen) atoms. The predicted molar refractivity (Wildman–Crippen MR) is 56.6 cm³/mol. The lowest BCUT2D eigenvalue weighted by Gasteiger charge is -1.93. The predicted octanol–water partition coefficient (Wildman–Crippen LogP) is 2.81. The molecule has 0 saturated heterocycles. The topological polar surface area (TPSA) is 42.2 Å². The molecule has 1 N–H and O–H groups in total. The summed E-state index contributed by atoms with van der Waals surface area (Å²) in [7, 11) is 2.06. The number of aliphatic carboxylic acids is 1. The SMILES string of the molecule is Cn1ccc2ccccc21.O=C(O)C(F)(F)F. The van der Waals surface area contributed by atoms with Crippen molar-refractivity contribution < 1.29 is 23.1 Å². The largest absolute Gasteiger partial charge is 0.490 e. The van der Waals surface area contributed by atoms with E-state index < -0.39 is 12.1 Å². The molecular weight excluding hydrogens is 235 g/mol. The summed E-state index contributed by atoms with van der Waals surface area (Å²) in [5.41, 5.74) is 1.29. The highest BCUT2D eigenvalue weighted by atomic mass is 19.4. The van der Waals surface area contributed by atoms with Gasteiger partial charge in [-0.3, -0.25) is 0 Å². The van der Waals surface area contributed by atoms with Gasteiger partial charge in [-0.05, 0) is 17.5 Å². The number of carbonyl (C=O) groups is 1. The number of hydrogen-bond acceptors (Lipinski definition) is 1. The highest BCUT2D eigenvalue weighted by Crippen LogP contribution is 2.13. The number of aryl methyl sites for hydroxylation is 1. The number of halogens is 3. The molecule has 0 aliphatic carbocycles. The second kappa shape index (κ2) is 4.90. The second-order valence-electron chi connectivity index (χ2n) is 3.29. The van der Waals surface area contributed by atoms with E-state index in [4.69, 9.17) is 9.90 Å². The molecule has 1 aromatic heterocycles. The number of benzene rings is 1. The van der Waals surface area contributed by atoms with E-state index in [9.17, 15) is 13.2 Å². The molecule has 0 atom stereocenters. The van der Waals surface area contributed by atoms with Crippen molar-refractivity contribution in [3.63, 3.8) is 0 Å². The van der Waals surface area contributed by atoms with Gasteiger partial charge in [0.2, 0.25) is 0 Å². The third-order valence-electron chi connectivity index (χ3n) is 2.04. The Morgan fingerprint density at radius 1 is 1.24 bits per heavy atom. The Kier molecular flexibility index (Phi) is 3.77. The van der Waals surface area contributed by atoms with E-state index >= 15 is 0 Å². The van der Waals surface area contributed by atoms with E-state index in [1.807, 2.05) is 0 Å². The molecule has 0 amide bonds. The quantitative estimate of drug-likeness (QED) is 0.775. The normalized spacial score (nSPS) is 10.8. The minimum absolute atomic E-state index is 1.29. The summed E-state index contributed by atoms with van der Waals surface area (Å²) in [5, 5.41) is 8.44. The monoisotopic (exact) mass is 245 g/mol. The average molecular weight is 245 g/mol. The summed E-state index contributed by atoms with van der Waals surface area (Å²) in [6.45, 7) is 0. The van der Waals surface area contributed by atoms with Gasteiger partial charge in [-0.1, -0.05) is 18.2 Å². The Bertz CT molecular complexity index is 517. The lowest BCUT2D eigenvalue weighted by atomic mass is 10.2. The van der Waals surface area contributed by atoms with Crippen LogP contribution in [0.2, 0.25) is 0 Å². The summed E-state index contributed by atoms with van der Waals surface area (Å²) < 4.78 is 33.9. The van der Waals surface area contributed by atoms with Crippen LogP contribution in [0.3, 0.4) is 0 Å². The highest BCUT2D eigenvalue weighted by Gasteiger charge is 2.38. The summed E-state index contributed by atoms with van der Waals surface area (Å²) in [4.78, 5) is 8.90. The molecule has 0 radical (unpaired) electrons. The van der Waals surface area contributed by atoms with Crippen molar-refractivity contribution in [1.29, 1.82) is 0 Å². The summed E-state index contributed by atoms with van der Waals surface area (Å²) >= 11 is 0. The van der Waals surface area contributed by atoms with Gasteiger partial charge in [-0.15, -0.1) is 0 Å². The molecule has 0 bridgehead atoms. The minimum atomic E-state index is -5.08. The number of carboxylic acid groups (broad SMARTS) is 1. The van der Waals surface area contributed by atoms with E-state index in [0.717, 1.165) is 0 Å². The number of fused-ring (bicyclic) bond motifs is 1. The first-order valence-electron chi connectivity index (χ1n) is 4.62. The van der Waals surface area contributed by atoms with Gasteiger partial charge >= 0.3 is 12.1 Å². The van der Waals surface area contributed by atoms with Crippen LogP contribution in [0.4, 0.5) is 13.2 Å². The molecule has 92 valence electrons. The van der Waals surface area contributed by atoms with Gasteiger partial charge in [0.25, 0.3) is 0 Å². The molecule has 3 nitrogen and oxygen atoms in total. The van der Waals surface area contributed by atoms with E-state index in [1.54, 1.807) is 0 Å². The van der Waals surface area contributed by atoms with Crippen LogP contribution in [0.15, 0.2) is 36.5 Å². The Labute approximate surface area is 95.1 Å². The van der Waals surface area contributed by atoms with Crippen LogP contribution in [0.1, 0.15) is 0 Å².